The Hall–Kier alpha value is -8.28. The van der Waals surface area contributed by atoms with Crippen LogP contribution >= 0.6 is 22.7 Å². The van der Waals surface area contributed by atoms with Crippen LogP contribution in [-0.2, 0) is 44.9 Å². The Labute approximate surface area is 795 Å². The summed E-state index contributed by atoms with van der Waals surface area (Å²) in [5, 5.41) is 99.9. The molecule has 6 aromatic rings. The van der Waals surface area contributed by atoms with Crippen LogP contribution < -0.4 is 20.1 Å². The molecule has 2 amide bonds. The molecule has 16 aliphatic rings. The molecule has 135 heavy (non-hydrogen) atoms. The lowest BCUT2D eigenvalue weighted by Gasteiger charge is -2.60. The van der Waals surface area contributed by atoms with Gasteiger partial charge in [-0.15, -0.1) is 0 Å². The standard InChI is InChI=1S/C28H33NO5S.C27H32F2O5.C27H32N2O4S.C27H35NO4/c1-26-11-9-17(30)13-16(26)7-8-18-19-10-12-28(33,27(19,2)14-21(31)24(18)26)23(32)15-34-25-29-20-5-3-4-6-22(20)35-25;1-25-9-7-17(30)11-15(25)3-5-18-19-8-10-27(33,26(19,2)13-21(31)24(18)25)23(32)14-34-22-6-4-16(28)12-20(22)29;1-25-11-9-16(30)13-15(25)7-8-17-18-10-12-27(33,26(18,2)14-20(31)22(17)25)23(32)29-24-28-19-5-3-4-6-21(19)34-24;1-25-12-10-19(29)14-18(25)8-9-20-21-11-13-27(32,26(21,2)15-22(30)23(20)25)24(31)28-16-17-6-4-3-5-7-17/h3-6,13,18-19,21,24,31,33H,7-12,14-15H2,1-2H3;4,6,11-12,18-19,21,24,31,33H,3,5,7-10,13-14H2,1-2H3;3-6,13,17-18,20,22,31,33H,7-12,14H2,1-2H3,(H,28,29,32);3-7,14,20-23,30,32H,8-13,15-16H2,1-2H3,(H,28,31)/t18?,19?,21-,24?,26?,27?,28-;18?,19?,21-,24?,25?,26?,27-;17?,18?,20-,22?,25?,26?,27-;20?,21?,22-,23?,25-,26-,27-/m0000/s1. The third-order valence-electron chi connectivity index (χ3n) is 39.5. The average Bonchev–Trinajstić information content (AvgIpc) is 1.60. The highest BCUT2D eigenvalue weighted by atomic mass is 32.1. The highest BCUT2D eigenvalue weighted by molar-refractivity contribution is 7.22. The lowest BCUT2D eigenvalue weighted by Crippen LogP contribution is -2.63. The number of aliphatic hydroxyl groups excluding tert-OH is 4. The summed E-state index contributed by atoms with van der Waals surface area (Å²) in [5.74, 6) is -1.12. The number of halogens is 2. The van der Waals surface area contributed by atoms with Gasteiger partial charge in [0.1, 0.15) is 34.8 Å². The Morgan fingerprint density at radius 3 is 1.14 bits per heavy atom. The fraction of sp³-hybridized carbons (Fsp3) is 0.615. The van der Waals surface area contributed by atoms with Crippen molar-refractivity contribution in [2.24, 2.45) is 114 Å². The quantitative estimate of drug-likeness (QED) is 0.0513. The van der Waals surface area contributed by atoms with Gasteiger partial charge in [-0.25, -0.2) is 18.7 Å². The molecule has 0 spiro atoms. The topological polar surface area (TPSA) is 367 Å². The molecule has 12 saturated carbocycles. The minimum absolute atomic E-state index is 0.0133. The molecular weight excluding hydrogens is 1760 g/mol. The molecule has 18 unspecified atom stereocenters. The number of thiazole rings is 2. The van der Waals surface area contributed by atoms with Crippen LogP contribution in [0.5, 0.6) is 10.9 Å². The number of rotatable bonds is 13. The Morgan fingerprint density at radius 1 is 0.407 bits per heavy atom. The number of nitrogens with zero attached hydrogens (tertiary/aromatic N) is 2. The predicted octanol–water partition coefficient (Wildman–Crippen LogP) is 16.6. The second kappa shape index (κ2) is 34.9. The number of carbonyl (C=O) groups excluding carboxylic acids is 8. The Bertz CT molecular complexity index is 5830. The normalized spacial score (nSPS) is 41.5. The van der Waals surface area contributed by atoms with Crippen molar-refractivity contribution < 1.29 is 97.5 Å². The summed E-state index contributed by atoms with van der Waals surface area (Å²) in [4.78, 5) is 111. The molecule has 10 N–H and O–H groups in total. The van der Waals surface area contributed by atoms with E-state index < -0.39 is 98.4 Å². The van der Waals surface area contributed by atoms with E-state index in [-0.39, 0.29) is 153 Å². The van der Waals surface area contributed by atoms with Gasteiger partial charge in [0.05, 0.1) is 44.8 Å². The minimum atomic E-state index is -1.69. The van der Waals surface area contributed by atoms with Gasteiger partial charge in [0.2, 0.25) is 11.6 Å². The summed E-state index contributed by atoms with van der Waals surface area (Å²) >= 11 is 2.80. The molecule has 2 aromatic heterocycles. The van der Waals surface area contributed by atoms with Crippen molar-refractivity contribution >= 4 is 94.8 Å². The number of ketones is 6. The smallest absolute Gasteiger partial charge is 0.274 e. The number of allylic oxidation sites excluding steroid dienone is 4. The number of aliphatic hydroxyl groups is 8. The summed E-state index contributed by atoms with van der Waals surface area (Å²) < 4.78 is 40.2. The summed E-state index contributed by atoms with van der Waals surface area (Å²) in [6.45, 7) is 16.3. The van der Waals surface area contributed by atoms with E-state index in [1.54, 1.807) is 6.08 Å². The maximum absolute atomic E-state index is 14.0. The van der Waals surface area contributed by atoms with Gasteiger partial charge >= 0.3 is 0 Å². The molecule has 0 bridgehead atoms. The van der Waals surface area contributed by atoms with Crippen LogP contribution in [0, 0.1) is 126 Å². The van der Waals surface area contributed by atoms with E-state index in [1.807, 2.05) is 125 Å². The molecule has 28 atom stereocenters. The number of nitrogens with one attached hydrogen (secondary N) is 2. The maximum atomic E-state index is 14.0. The molecule has 16 aliphatic carbocycles. The first-order chi connectivity index (χ1) is 64.0. The second-order valence-corrected chi connectivity index (χ2v) is 47.5. The third kappa shape index (κ3) is 15.4. The van der Waals surface area contributed by atoms with Gasteiger partial charge in [-0.3, -0.25) is 43.7 Å². The van der Waals surface area contributed by atoms with Gasteiger partial charge in [0.15, 0.2) is 46.4 Å². The number of carbonyl (C=O) groups is 8. The zero-order chi connectivity index (χ0) is 95.7. The lowest BCUT2D eigenvalue weighted by atomic mass is 9.45. The molecule has 2 heterocycles. The van der Waals surface area contributed by atoms with Crippen molar-refractivity contribution in [3.8, 4) is 10.9 Å². The van der Waals surface area contributed by atoms with Crippen molar-refractivity contribution in [3.05, 3.63) is 161 Å². The van der Waals surface area contributed by atoms with E-state index in [4.69, 9.17) is 9.47 Å². The SMILES string of the molecule is CC12CCC(=O)C=C1CCC1C2[C@@H](O)CC2(C)C1CC[C@]2(O)C(=O)COc1ccc(F)cc1F.CC12CCC(=O)C=C1CCC1C2[C@@H](O)CC2(C)C1CC[C@]2(O)C(=O)COc1nc2ccccc2s1.CC12CCC(=O)C=C1CCC1C2[C@@H](O)CC2(C)C1CC[C@]2(O)C(=O)Nc1nc2ccccc2s1.C[C@]12CCC(=O)C=C1CCC1C2[C@@H](O)C[C@@]2(C)C1CC[C@]2(O)C(=O)NCc1ccccc1. The van der Waals surface area contributed by atoms with Gasteiger partial charge in [0, 0.05) is 60.0 Å². The van der Waals surface area contributed by atoms with Gasteiger partial charge in [0.25, 0.3) is 17.0 Å². The number of amides is 2. The second-order valence-electron chi connectivity index (χ2n) is 45.5. The number of fused-ring (bicyclic) bond motifs is 22. The number of ether oxygens (including phenoxy) is 2. The zero-order valence-electron chi connectivity index (χ0n) is 78.8. The van der Waals surface area contributed by atoms with Crippen LogP contribution in [-0.4, -0.2) is 157 Å². The number of anilines is 1. The van der Waals surface area contributed by atoms with E-state index in [1.165, 1.54) is 39.4 Å². The van der Waals surface area contributed by atoms with E-state index in [0.717, 1.165) is 140 Å². The molecule has 12 fully saturated rings. The van der Waals surface area contributed by atoms with E-state index >= 15 is 0 Å². The molecule has 26 heteroatoms. The fourth-order valence-electron chi connectivity index (χ4n) is 32.5. The predicted molar refractivity (Wildman–Crippen MR) is 506 cm³/mol. The lowest BCUT2D eigenvalue weighted by molar-refractivity contribution is -0.182. The molecule has 0 aliphatic heterocycles. The zero-order valence-corrected chi connectivity index (χ0v) is 80.5. The maximum Gasteiger partial charge on any atom is 0.274 e. The first-order valence-electron chi connectivity index (χ1n) is 49.7. The highest BCUT2D eigenvalue weighted by Gasteiger charge is 2.74. The number of Topliss-reactive ketones (excluding diaryl/α,β-unsaturated/α-hetero) is 2. The van der Waals surface area contributed by atoms with E-state index in [9.17, 15) is 88.0 Å². The first kappa shape index (κ1) is 95.6. The number of aromatic nitrogens is 2. The van der Waals surface area contributed by atoms with Crippen molar-refractivity contribution in [3.63, 3.8) is 0 Å². The van der Waals surface area contributed by atoms with Crippen molar-refractivity contribution in [2.75, 3.05) is 18.5 Å². The number of hydrogen-bond donors (Lipinski definition) is 10. The van der Waals surface area contributed by atoms with Crippen molar-refractivity contribution in [2.45, 2.75) is 289 Å². The van der Waals surface area contributed by atoms with Crippen molar-refractivity contribution in [1.29, 1.82) is 0 Å². The van der Waals surface area contributed by atoms with Crippen molar-refractivity contribution in [1.82, 2.24) is 15.3 Å². The third-order valence-corrected chi connectivity index (χ3v) is 41.4. The van der Waals surface area contributed by atoms with Crippen LogP contribution in [0.3, 0.4) is 0 Å². The van der Waals surface area contributed by atoms with Crippen LogP contribution in [0.1, 0.15) is 241 Å². The molecule has 22 rings (SSSR count). The van der Waals surface area contributed by atoms with Crippen LogP contribution in [0.15, 0.2) is 144 Å². The largest absolute Gasteiger partial charge is 0.483 e. The molecule has 4 aromatic carbocycles. The molecular formula is C109H132F2N4O18S2. The van der Waals surface area contributed by atoms with E-state index in [2.05, 4.69) is 48.3 Å². The van der Waals surface area contributed by atoms with Crippen LogP contribution in [0.2, 0.25) is 0 Å². The summed E-state index contributed by atoms with van der Waals surface area (Å²) in [6.07, 6.45) is 22.8. The minimum Gasteiger partial charge on any atom is -0.483 e. The fourth-order valence-corrected chi connectivity index (χ4v) is 34.2. The number of benzene rings is 4. The first-order valence-corrected chi connectivity index (χ1v) is 51.3. The average molecular weight is 1890 g/mol. The van der Waals surface area contributed by atoms with Gasteiger partial charge in [-0.1, -0.05) is 155 Å². The summed E-state index contributed by atoms with van der Waals surface area (Å²) in [6, 6.07) is 28.0. The van der Waals surface area contributed by atoms with Gasteiger partial charge < -0.3 is 55.6 Å². The number of para-hydroxylation sites is 2. The summed E-state index contributed by atoms with van der Waals surface area (Å²) in [5.41, 5.74) is -2.56. The Kier molecular flexibility index (Phi) is 24.7. The van der Waals surface area contributed by atoms with Gasteiger partial charge in [-0.2, -0.15) is 0 Å². The molecule has 0 saturated heterocycles. The van der Waals surface area contributed by atoms with E-state index in [0.29, 0.717) is 93.6 Å². The molecule has 0 radical (unpaired) electrons. The Balaban J connectivity index is 0.000000116. The molecule has 22 nitrogen and oxygen atoms in total. The number of hydrogen-bond acceptors (Lipinski definition) is 22. The summed E-state index contributed by atoms with van der Waals surface area (Å²) in [7, 11) is 0. The monoisotopic (exact) mass is 1890 g/mol. The highest BCUT2D eigenvalue weighted by Crippen LogP contribution is 2.73. The van der Waals surface area contributed by atoms with Crippen LogP contribution in [0.25, 0.3) is 20.4 Å². The van der Waals surface area contributed by atoms with Crippen LogP contribution in [0.4, 0.5) is 13.9 Å². The molecule has 722 valence electrons. The van der Waals surface area contributed by atoms with Gasteiger partial charge in [-0.05, 0) is 313 Å². The Morgan fingerprint density at radius 2 is 0.756 bits per heavy atom.